The summed E-state index contributed by atoms with van der Waals surface area (Å²) in [6.07, 6.45) is 0. The van der Waals surface area contributed by atoms with E-state index in [1.807, 2.05) is 0 Å². The van der Waals surface area contributed by atoms with Gasteiger partial charge < -0.3 is 14.6 Å². The van der Waals surface area contributed by atoms with Crippen molar-refractivity contribution in [3.8, 4) is 0 Å². The van der Waals surface area contributed by atoms with Crippen LogP contribution in [0, 0.1) is 6.92 Å². The molecule has 0 amide bonds. The van der Waals surface area contributed by atoms with E-state index in [0.717, 1.165) is 44.2 Å². The van der Waals surface area contributed by atoms with Gasteiger partial charge in [-0.25, -0.2) is 0 Å². The van der Waals surface area contributed by atoms with Gasteiger partial charge >= 0.3 is 0 Å². The first-order valence-corrected chi connectivity index (χ1v) is 8.00. The van der Waals surface area contributed by atoms with Gasteiger partial charge in [-0.3, -0.25) is 4.90 Å². The van der Waals surface area contributed by atoms with Crippen LogP contribution in [0.4, 0.5) is 0 Å². The first-order chi connectivity index (χ1) is 9.74. The molecule has 0 bridgehead atoms. The lowest BCUT2D eigenvalue weighted by atomic mass is 10.1. The lowest BCUT2D eigenvalue weighted by molar-refractivity contribution is 0.0934. The maximum Gasteiger partial charge on any atom is 0.118 e. The van der Waals surface area contributed by atoms with E-state index in [0.29, 0.717) is 6.04 Å². The number of nitrogens with zero attached hydrogens (tertiary/aromatic N) is 2. The Hall–Kier alpha value is -0.840. The number of aryl methyl sites for hydroxylation is 1. The molecule has 1 atom stereocenters. The third-order valence-electron chi connectivity index (χ3n) is 4.21. The predicted molar refractivity (Wildman–Crippen MR) is 87.4 cm³/mol. The van der Waals surface area contributed by atoms with Gasteiger partial charge in [0.1, 0.15) is 11.5 Å². The largest absolute Gasteiger partial charge is 0.465 e. The standard InChI is InChI=1S/C17H31N3O/c1-13-11-19(6)7-8-20(13)12-15-9-16(21-14(15)2)10-18-17(3,4)5/h9,13,18H,7-8,10-12H2,1-6H3. The lowest BCUT2D eigenvalue weighted by Gasteiger charge is -2.38. The van der Waals surface area contributed by atoms with Crippen LogP contribution >= 0.6 is 0 Å². The van der Waals surface area contributed by atoms with Crippen molar-refractivity contribution in [1.29, 1.82) is 0 Å². The van der Waals surface area contributed by atoms with Crippen LogP contribution < -0.4 is 5.32 Å². The Morgan fingerprint density at radius 2 is 2.05 bits per heavy atom. The van der Waals surface area contributed by atoms with Crippen LogP contribution in [-0.2, 0) is 13.1 Å². The van der Waals surface area contributed by atoms with E-state index < -0.39 is 0 Å². The van der Waals surface area contributed by atoms with Crippen LogP contribution in [0.25, 0.3) is 0 Å². The Kier molecular flexibility index (Phi) is 5.12. The molecule has 1 unspecified atom stereocenters. The van der Waals surface area contributed by atoms with Crippen molar-refractivity contribution in [1.82, 2.24) is 15.1 Å². The van der Waals surface area contributed by atoms with E-state index in [1.54, 1.807) is 0 Å². The third kappa shape index (κ3) is 4.83. The Morgan fingerprint density at radius 1 is 1.33 bits per heavy atom. The average molecular weight is 293 g/mol. The average Bonchev–Trinajstić information content (AvgIpc) is 2.70. The number of furan rings is 1. The van der Waals surface area contributed by atoms with Crippen LogP contribution in [0.15, 0.2) is 10.5 Å². The topological polar surface area (TPSA) is 31.7 Å². The highest BCUT2D eigenvalue weighted by Crippen LogP contribution is 2.20. The monoisotopic (exact) mass is 293 g/mol. The minimum absolute atomic E-state index is 0.118. The van der Waals surface area contributed by atoms with Gasteiger partial charge in [0, 0.05) is 43.3 Å². The molecular weight excluding hydrogens is 262 g/mol. The molecule has 2 heterocycles. The van der Waals surface area contributed by atoms with Gasteiger partial charge in [0.2, 0.25) is 0 Å². The molecule has 0 spiro atoms. The maximum absolute atomic E-state index is 5.91. The molecule has 0 saturated carbocycles. The summed E-state index contributed by atoms with van der Waals surface area (Å²) in [5.74, 6) is 2.10. The first-order valence-electron chi connectivity index (χ1n) is 8.00. The minimum Gasteiger partial charge on any atom is -0.465 e. The Labute approximate surface area is 129 Å². The fourth-order valence-corrected chi connectivity index (χ4v) is 2.82. The van der Waals surface area contributed by atoms with Crippen molar-refractivity contribution < 1.29 is 4.42 Å². The van der Waals surface area contributed by atoms with Gasteiger partial charge in [0.15, 0.2) is 0 Å². The Morgan fingerprint density at radius 3 is 2.67 bits per heavy atom. The zero-order valence-electron chi connectivity index (χ0n) is 14.5. The smallest absolute Gasteiger partial charge is 0.118 e. The van der Waals surface area contributed by atoms with Crippen molar-refractivity contribution in [2.24, 2.45) is 0 Å². The van der Waals surface area contributed by atoms with Crippen LogP contribution in [-0.4, -0.2) is 48.1 Å². The summed E-state index contributed by atoms with van der Waals surface area (Å²) in [7, 11) is 2.20. The summed E-state index contributed by atoms with van der Waals surface area (Å²) >= 11 is 0. The molecule has 0 aromatic carbocycles. The van der Waals surface area contributed by atoms with E-state index in [1.165, 1.54) is 5.56 Å². The van der Waals surface area contributed by atoms with E-state index in [9.17, 15) is 0 Å². The fourth-order valence-electron chi connectivity index (χ4n) is 2.82. The van der Waals surface area contributed by atoms with Crippen molar-refractivity contribution >= 4 is 0 Å². The zero-order valence-corrected chi connectivity index (χ0v) is 14.5. The second kappa shape index (κ2) is 6.51. The van der Waals surface area contributed by atoms with Crippen molar-refractivity contribution in [2.45, 2.75) is 59.3 Å². The molecule has 1 aromatic heterocycles. The van der Waals surface area contributed by atoms with Gasteiger partial charge in [0.25, 0.3) is 0 Å². The van der Waals surface area contributed by atoms with Gasteiger partial charge in [-0.15, -0.1) is 0 Å². The minimum atomic E-state index is 0.118. The molecule has 4 nitrogen and oxygen atoms in total. The Balaban J connectivity index is 1.96. The van der Waals surface area contributed by atoms with E-state index in [-0.39, 0.29) is 5.54 Å². The summed E-state index contributed by atoms with van der Waals surface area (Å²) in [4.78, 5) is 4.96. The summed E-state index contributed by atoms with van der Waals surface area (Å²) < 4.78 is 5.91. The highest BCUT2D eigenvalue weighted by atomic mass is 16.3. The molecule has 1 aliphatic rings. The van der Waals surface area contributed by atoms with Crippen molar-refractivity contribution in [2.75, 3.05) is 26.7 Å². The van der Waals surface area contributed by atoms with Crippen molar-refractivity contribution in [3.63, 3.8) is 0 Å². The molecular formula is C17H31N3O. The molecule has 120 valence electrons. The highest BCUT2D eigenvalue weighted by Gasteiger charge is 2.23. The third-order valence-corrected chi connectivity index (χ3v) is 4.21. The number of likely N-dealkylation sites (N-methyl/N-ethyl adjacent to an activating group) is 1. The van der Waals surface area contributed by atoms with Crippen LogP contribution in [0.1, 0.15) is 44.8 Å². The van der Waals surface area contributed by atoms with Crippen LogP contribution in [0.3, 0.4) is 0 Å². The second-order valence-electron chi connectivity index (χ2n) is 7.48. The molecule has 1 aliphatic heterocycles. The van der Waals surface area contributed by atoms with Gasteiger partial charge in [-0.05, 0) is 47.7 Å². The lowest BCUT2D eigenvalue weighted by Crippen LogP contribution is -2.49. The zero-order chi connectivity index (χ0) is 15.6. The van der Waals surface area contributed by atoms with Crippen LogP contribution in [0.5, 0.6) is 0 Å². The fraction of sp³-hybridized carbons (Fsp3) is 0.765. The SMILES string of the molecule is Cc1oc(CNC(C)(C)C)cc1CN1CCN(C)CC1C. The quantitative estimate of drug-likeness (QED) is 0.925. The molecule has 1 aromatic rings. The van der Waals surface area contributed by atoms with E-state index in [2.05, 4.69) is 62.8 Å². The number of hydrogen-bond donors (Lipinski definition) is 1. The van der Waals surface area contributed by atoms with Crippen molar-refractivity contribution in [3.05, 3.63) is 23.2 Å². The molecule has 1 fully saturated rings. The van der Waals surface area contributed by atoms with E-state index >= 15 is 0 Å². The van der Waals surface area contributed by atoms with E-state index in [4.69, 9.17) is 4.42 Å². The second-order valence-corrected chi connectivity index (χ2v) is 7.48. The number of nitrogens with one attached hydrogen (secondary N) is 1. The molecule has 2 rings (SSSR count). The maximum atomic E-state index is 5.91. The van der Waals surface area contributed by atoms with Gasteiger partial charge in [-0.2, -0.15) is 0 Å². The molecule has 0 radical (unpaired) electrons. The molecule has 1 N–H and O–H groups in total. The number of hydrogen-bond acceptors (Lipinski definition) is 4. The molecule has 0 aliphatic carbocycles. The molecule has 21 heavy (non-hydrogen) atoms. The Bertz CT molecular complexity index is 461. The van der Waals surface area contributed by atoms with Gasteiger partial charge in [0.05, 0.1) is 6.54 Å². The summed E-state index contributed by atoms with van der Waals surface area (Å²) in [5.41, 5.74) is 1.45. The number of piperazine rings is 1. The predicted octanol–water partition coefficient (Wildman–Crippen LogP) is 2.61. The normalized spacial score (nSPS) is 21.9. The molecule has 1 saturated heterocycles. The summed E-state index contributed by atoms with van der Waals surface area (Å²) in [6, 6.07) is 2.83. The highest BCUT2D eigenvalue weighted by molar-refractivity contribution is 5.21. The molecule has 4 heteroatoms. The first kappa shape index (κ1) is 16.5. The summed E-state index contributed by atoms with van der Waals surface area (Å²) in [5, 5.41) is 3.48. The number of rotatable bonds is 4. The summed E-state index contributed by atoms with van der Waals surface area (Å²) in [6.45, 7) is 16.2. The van der Waals surface area contributed by atoms with Gasteiger partial charge in [-0.1, -0.05) is 0 Å². The van der Waals surface area contributed by atoms with Crippen LogP contribution in [0.2, 0.25) is 0 Å².